The lowest BCUT2D eigenvalue weighted by Gasteiger charge is -1.95. The molecule has 2 atom stereocenters. The summed E-state index contributed by atoms with van der Waals surface area (Å²) in [6.07, 6.45) is 4.44. The zero-order valence-electron chi connectivity index (χ0n) is 5.19. The zero-order chi connectivity index (χ0) is 5.40. The third kappa shape index (κ3) is 0.752. The first kappa shape index (κ1) is 4.80. The third-order valence-corrected chi connectivity index (χ3v) is 2.40. The van der Waals surface area contributed by atoms with Crippen LogP contribution in [0.4, 0.5) is 0 Å². The minimum Gasteiger partial charge on any atom is -0.316 e. The van der Waals surface area contributed by atoms with Crippen molar-refractivity contribution in [2.24, 2.45) is 11.8 Å². The average molecular weight is 111 g/mol. The number of nitrogens with one attached hydrogen (secondary N) is 1. The summed E-state index contributed by atoms with van der Waals surface area (Å²) in [5.41, 5.74) is 0. The van der Waals surface area contributed by atoms with Gasteiger partial charge in [-0.3, -0.25) is 0 Å². The van der Waals surface area contributed by atoms with Crippen molar-refractivity contribution in [2.45, 2.75) is 19.3 Å². The highest BCUT2D eigenvalue weighted by atomic mass is 14.9. The van der Waals surface area contributed by atoms with Gasteiger partial charge in [0.2, 0.25) is 0 Å². The second-order valence-electron chi connectivity index (χ2n) is 3.10. The van der Waals surface area contributed by atoms with Crippen molar-refractivity contribution in [1.29, 1.82) is 0 Å². The van der Waals surface area contributed by atoms with Gasteiger partial charge in [0.05, 0.1) is 0 Å². The van der Waals surface area contributed by atoms with E-state index in [1.165, 1.54) is 32.4 Å². The van der Waals surface area contributed by atoms with Crippen LogP contribution in [0.2, 0.25) is 0 Å². The van der Waals surface area contributed by atoms with Gasteiger partial charge in [-0.05, 0) is 44.2 Å². The van der Waals surface area contributed by atoms with Gasteiger partial charge in [-0.2, -0.15) is 0 Å². The van der Waals surface area contributed by atoms with E-state index in [-0.39, 0.29) is 0 Å². The Labute approximate surface area is 50.5 Å². The highest BCUT2D eigenvalue weighted by molar-refractivity contribution is 4.89. The lowest BCUT2D eigenvalue weighted by atomic mass is 10.2. The molecule has 0 bridgehead atoms. The molecule has 2 unspecified atom stereocenters. The topological polar surface area (TPSA) is 12.0 Å². The average Bonchev–Trinajstić information content (AvgIpc) is 2.36. The molecule has 1 saturated heterocycles. The number of rotatable bonds is 0. The predicted molar refractivity (Wildman–Crippen MR) is 33.7 cm³/mol. The predicted octanol–water partition coefficient (Wildman–Crippen LogP) is 1.01. The molecule has 0 radical (unpaired) electrons. The molecule has 2 fully saturated rings. The fourth-order valence-corrected chi connectivity index (χ4v) is 1.69. The maximum absolute atomic E-state index is 3.44. The van der Waals surface area contributed by atoms with Gasteiger partial charge in [0.1, 0.15) is 0 Å². The highest BCUT2D eigenvalue weighted by Gasteiger charge is 2.36. The summed E-state index contributed by atoms with van der Waals surface area (Å²) in [5.74, 6) is 2.21. The van der Waals surface area contributed by atoms with Crippen LogP contribution in [0.15, 0.2) is 0 Å². The number of hydrogen-bond acceptors (Lipinski definition) is 1. The molecule has 1 aliphatic carbocycles. The van der Waals surface area contributed by atoms with E-state index in [0.29, 0.717) is 0 Å². The first-order chi connectivity index (χ1) is 3.97. The normalized spacial score (nSPS) is 45.0. The second kappa shape index (κ2) is 1.73. The Morgan fingerprint density at radius 2 is 2.25 bits per heavy atom. The first-order valence-corrected chi connectivity index (χ1v) is 3.67. The van der Waals surface area contributed by atoms with E-state index in [2.05, 4.69) is 5.32 Å². The summed E-state index contributed by atoms with van der Waals surface area (Å²) in [6, 6.07) is 0. The second-order valence-corrected chi connectivity index (χ2v) is 3.10. The van der Waals surface area contributed by atoms with E-state index >= 15 is 0 Å². The molecule has 1 heteroatoms. The Bertz CT molecular complexity index is 80.4. The van der Waals surface area contributed by atoms with E-state index in [1.54, 1.807) is 0 Å². The summed E-state index contributed by atoms with van der Waals surface area (Å²) >= 11 is 0. The third-order valence-electron chi connectivity index (χ3n) is 2.40. The van der Waals surface area contributed by atoms with Crippen LogP contribution < -0.4 is 5.32 Å². The molecule has 1 saturated carbocycles. The lowest BCUT2D eigenvalue weighted by Crippen LogP contribution is -2.15. The summed E-state index contributed by atoms with van der Waals surface area (Å²) in [6.45, 7) is 2.58. The zero-order valence-corrected chi connectivity index (χ0v) is 5.19. The summed E-state index contributed by atoms with van der Waals surface area (Å²) in [7, 11) is 0. The Balaban J connectivity index is 1.89. The van der Waals surface area contributed by atoms with Crippen LogP contribution in [0.3, 0.4) is 0 Å². The van der Waals surface area contributed by atoms with Gasteiger partial charge in [-0.15, -0.1) is 0 Å². The van der Waals surface area contributed by atoms with E-state index < -0.39 is 0 Å². The maximum atomic E-state index is 3.44. The van der Waals surface area contributed by atoms with Crippen LogP contribution >= 0.6 is 0 Å². The number of hydrogen-bond donors (Lipinski definition) is 1. The Kier molecular flexibility index (Phi) is 1.04. The van der Waals surface area contributed by atoms with E-state index in [1.807, 2.05) is 0 Å². The standard InChI is InChI=1S/C7H13N/c1-2-6-4-7(6)5-8-3-1/h6-8H,1-5H2. The van der Waals surface area contributed by atoms with Crippen molar-refractivity contribution in [2.75, 3.05) is 13.1 Å². The quantitative estimate of drug-likeness (QED) is 0.492. The molecular formula is C7H13N. The van der Waals surface area contributed by atoms with Crippen LogP contribution in [0, 0.1) is 11.8 Å². The molecule has 2 aliphatic rings. The molecule has 0 aromatic heterocycles. The van der Waals surface area contributed by atoms with Crippen molar-refractivity contribution in [1.82, 2.24) is 5.32 Å². The molecule has 2 rings (SSSR count). The monoisotopic (exact) mass is 111 g/mol. The molecule has 8 heavy (non-hydrogen) atoms. The molecule has 46 valence electrons. The van der Waals surface area contributed by atoms with Crippen LogP contribution in [0.1, 0.15) is 19.3 Å². The highest BCUT2D eigenvalue weighted by Crippen LogP contribution is 2.42. The largest absolute Gasteiger partial charge is 0.316 e. The van der Waals surface area contributed by atoms with E-state index in [0.717, 1.165) is 11.8 Å². The molecule has 0 amide bonds. The van der Waals surface area contributed by atoms with E-state index in [4.69, 9.17) is 0 Å². The van der Waals surface area contributed by atoms with Crippen molar-refractivity contribution < 1.29 is 0 Å². The van der Waals surface area contributed by atoms with Crippen molar-refractivity contribution >= 4 is 0 Å². The smallest absolute Gasteiger partial charge is 0.00178 e. The summed E-state index contributed by atoms with van der Waals surface area (Å²) < 4.78 is 0. The first-order valence-electron chi connectivity index (χ1n) is 3.67. The van der Waals surface area contributed by atoms with Crippen LogP contribution in [0.5, 0.6) is 0 Å². The summed E-state index contributed by atoms with van der Waals surface area (Å²) in [5, 5.41) is 3.44. The van der Waals surface area contributed by atoms with Gasteiger partial charge in [-0.1, -0.05) is 0 Å². The molecule has 0 aromatic carbocycles. The van der Waals surface area contributed by atoms with Crippen molar-refractivity contribution in [3.05, 3.63) is 0 Å². The van der Waals surface area contributed by atoms with Crippen LogP contribution in [-0.4, -0.2) is 13.1 Å². The minimum atomic E-state index is 1.08. The molecule has 0 aromatic rings. The Hall–Kier alpha value is -0.0400. The van der Waals surface area contributed by atoms with Gasteiger partial charge >= 0.3 is 0 Å². The molecule has 1 N–H and O–H groups in total. The molecule has 0 spiro atoms. The fraction of sp³-hybridized carbons (Fsp3) is 1.00. The Morgan fingerprint density at radius 3 is 3.25 bits per heavy atom. The fourth-order valence-electron chi connectivity index (χ4n) is 1.69. The van der Waals surface area contributed by atoms with Crippen molar-refractivity contribution in [3.8, 4) is 0 Å². The van der Waals surface area contributed by atoms with E-state index in [9.17, 15) is 0 Å². The lowest BCUT2D eigenvalue weighted by molar-refractivity contribution is 0.651. The SMILES string of the molecule is C1CNCC2CC2C1. The molecular weight excluding hydrogens is 98.1 g/mol. The van der Waals surface area contributed by atoms with Gasteiger partial charge in [-0.25, -0.2) is 0 Å². The van der Waals surface area contributed by atoms with Crippen LogP contribution in [-0.2, 0) is 0 Å². The summed E-state index contributed by atoms with van der Waals surface area (Å²) in [4.78, 5) is 0. The van der Waals surface area contributed by atoms with Crippen LogP contribution in [0.25, 0.3) is 0 Å². The Morgan fingerprint density at radius 1 is 1.25 bits per heavy atom. The molecule has 1 heterocycles. The van der Waals surface area contributed by atoms with Gasteiger partial charge in [0.15, 0.2) is 0 Å². The van der Waals surface area contributed by atoms with Crippen molar-refractivity contribution in [3.63, 3.8) is 0 Å². The minimum absolute atomic E-state index is 1.08. The molecule has 1 aliphatic heterocycles. The van der Waals surface area contributed by atoms with Gasteiger partial charge in [0.25, 0.3) is 0 Å². The molecule has 1 nitrogen and oxygen atoms in total. The maximum Gasteiger partial charge on any atom is -0.00178 e. The van der Waals surface area contributed by atoms with Gasteiger partial charge < -0.3 is 5.32 Å². The van der Waals surface area contributed by atoms with Gasteiger partial charge in [0, 0.05) is 0 Å². The number of fused-ring (bicyclic) bond motifs is 1.